The van der Waals surface area contributed by atoms with Crippen LogP contribution in [0.4, 0.5) is 5.95 Å². The zero-order chi connectivity index (χ0) is 19.3. The minimum absolute atomic E-state index is 0.0923. The SMILES string of the molecule is COc1ccc(Cc2nc(NC(=O)C3CC(c4ccccc4)NN3)n[nH]2)cc1. The number of nitrogens with zero attached hydrogens (tertiary/aromatic N) is 2. The minimum atomic E-state index is -0.353. The van der Waals surface area contributed by atoms with Crippen molar-refractivity contribution in [3.63, 3.8) is 0 Å². The van der Waals surface area contributed by atoms with Gasteiger partial charge in [-0.1, -0.05) is 42.5 Å². The largest absolute Gasteiger partial charge is 0.497 e. The molecule has 144 valence electrons. The van der Waals surface area contributed by atoms with Gasteiger partial charge in [0.05, 0.1) is 7.11 Å². The van der Waals surface area contributed by atoms with Crippen molar-refractivity contribution in [1.29, 1.82) is 0 Å². The molecule has 1 saturated heterocycles. The summed E-state index contributed by atoms with van der Waals surface area (Å²) in [7, 11) is 1.64. The van der Waals surface area contributed by atoms with Crippen LogP contribution in [0.1, 0.15) is 29.4 Å². The van der Waals surface area contributed by atoms with Gasteiger partial charge in [-0.3, -0.25) is 15.2 Å². The number of amides is 1. The maximum absolute atomic E-state index is 12.5. The molecule has 2 unspecified atom stereocenters. The van der Waals surface area contributed by atoms with Crippen LogP contribution in [-0.4, -0.2) is 34.2 Å². The summed E-state index contributed by atoms with van der Waals surface area (Å²) in [6.07, 6.45) is 1.24. The van der Waals surface area contributed by atoms with Crippen molar-refractivity contribution in [2.75, 3.05) is 12.4 Å². The highest BCUT2D eigenvalue weighted by atomic mass is 16.5. The van der Waals surface area contributed by atoms with Crippen LogP contribution in [0.5, 0.6) is 5.75 Å². The van der Waals surface area contributed by atoms with Crippen LogP contribution in [0, 0.1) is 0 Å². The second-order valence-corrected chi connectivity index (χ2v) is 6.66. The summed E-state index contributed by atoms with van der Waals surface area (Å²) in [6.45, 7) is 0. The molecule has 1 fully saturated rings. The van der Waals surface area contributed by atoms with E-state index in [0.717, 1.165) is 16.9 Å². The number of nitrogens with one attached hydrogen (secondary N) is 4. The van der Waals surface area contributed by atoms with E-state index in [1.165, 1.54) is 0 Å². The number of carbonyl (C=O) groups excluding carboxylic acids is 1. The molecule has 2 aromatic carbocycles. The molecular weight excluding hydrogens is 356 g/mol. The third kappa shape index (κ3) is 4.19. The van der Waals surface area contributed by atoms with Crippen molar-refractivity contribution in [3.05, 3.63) is 71.5 Å². The van der Waals surface area contributed by atoms with Crippen molar-refractivity contribution < 1.29 is 9.53 Å². The molecule has 2 heterocycles. The fourth-order valence-electron chi connectivity index (χ4n) is 3.20. The van der Waals surface area contributed by atoms with Gasteiger partial charge in [-0.05, 0) is 29.7 Å². The fraction of sp³-hybridized carbons (Fsp3) is 0.250. The zero-order valence-corrected chi connectivity index (χ0v) is 15.5. The first-order valence-corrected chi connectivity index (χ1v) is 9.12. The van der Waals surface area contributed by atoms with Crippen LogP contribution in [0.25, 0.3) is 0 Å². The number of hydrogen-bond acceptors (Lipinski definition) is 6. The Hall–Kier alpha value is -3.23. The van der Waals surface area contributed by atoms with Crippen molar-refractivity contribution >= 4 is 11.9 Å². The highest BCUT2D eigenvalue weighted by Gasteiger charge is 2.30. The van der Waals surface area contributed by atoms with Crippen molar-refractivity contribution in [2.24, 2.45) is 0 Å². The fourth-order valence-corrected chi connectivity index (χ4v) is 3.20. The lowest BCUT2D eigenvalue weighted by Crippen LogP contribution is -2.39. The van der Waals surface area contributed by atoms with Crippen LogP contribution in [0.3, 0.4) is 0 Å². The van der Waals surface area contributed by atoms with Gasteiger partial charge in [0.15, 0.2) is 0 Å². The van der Waals surface area contributed by atoms with Gasteiger partial charge in [0.1, 0.15) is 17.6 Å². The van der Waals surface area contributed by atoms with Crippen molar-refractivity contribution in [3.8, 4) is 5.75 Å². The van der Waals surface area contributed by atoms with E-state index in [4.69, 9.17) is 4.74 Å². The standard InChI is InChI=1S/C20H22N6O2/c1-28-15-9-7-13(8-10-15)11-18-21-20(26-25-18)22-19(27)17-12-16(23-24-17)14-5-3-2-4-6-14/h2-10,16-17,23-24H,11-12H2,1H3,(H2,21,22,25,26,27). The maximum atomic E-state index is 12.5. The number of rotatable bonds is 6. The van der Waals surface area contributed by atoms with Crippen molar-refractivity contribution in [2.45, 2.75) is 24.9 Å². The molecule has 4 N–H and O–H groups in total. The summed E-state index contributed by atoms with van der Waals surface area (Å²) in [4.78, 5) is 16.9. The molecule has 1 aromatic heterocycles. The monoisotopic (exact) mass is 378 g/mol. The molecule has 8 heteroatoms. The van der Waals surface area contributed by atoms with Crippen LogP contribution in [-0.2, 0) is 11.2 Å². The molecule has 28 heavy (non-hydrogen) atoms. The molecule has 1 aliphatic heterocycles. The lowest BCUT2D eigenvalue weighted by molar-refractivity contribution is -0.117. The van der Waals surface area contributed by atoms with Gasteiger partial charge in [-0.2, -0.15) is 4.98 Å². The van der Waals surface area contributed by atoms with E-state index >= 15 is 0 Å². The molecule has 0 saturated carbocycles. The van der Waals surface area contributed by atoms with Gasteiger partial charge in [-0.25, -0.2) is 10.9 Å². The molecule has 1 amide bonds. The van der Waals surface area contributed by atoms with Crippen LogP contribution >= 0.6 is 0 Å². The predicted octanol–water partition coefficient (Wildman–Crippen LogP) is 1.95. The smallest absolute Gasteiger partial charge is 0.248 e. The van der Waals surface area contributed by atoms with Crippen LogP contribution in [0.2, 0.25) is 0 Å². The average Bonchev–Trinajstić information content (AvgIpc) is 3.39. The second kappa shape index (κ2) is 8.20. The maximum Gasteiger partial charge on any atom is 0.248 e. The van der Waals surface area contributed by atoms with Gasteiger partial charge < -0.3 is 4.74 Å². The first-order chi connectivity index (χ1) is 13.7. The summed E-state index contributed by atoms with van der Waals surface area (Å²) in [5.74, 6) is 1.60. The minimum Gasteiger partial charge on any atom is -0.497 e. The molecule has 0 spiro atoms. The normalized spacial score (nSPS) is 18.8. The van der Waals surface area contributed by atoms with Crippen molar-refractivity contribution in [1.82, 2.24) is 26.0 Å². The highest BCUT2D eigenvalue weighted by Crippen LogP contribution is 2.22. The molecule has 8 nitrogen and oxygen atoms in total. The van der Waals surface area contributed by atoms with E-state index in [-0.39, 0.29) is 23.9 Å². The summed E-state index contributed by atoms with van der Waals surface area (Å²) >= 11 is 0. The van der Waals surface area contributed by atoms with Gasteiger partial charge in [-0.15, -0.1) is 5.10 Å². The third-order valence-electron chi connectivity index (χ3n) is 4.72. The number of anilines is 1. The Morgan fingerprint density at radius 1 is 1.14 bits per heavy atom. The van der Waals surface area contributed by atoms with E-state index < -0.39 is 0 Å². The second-order valence-electron chi connectivity index (χ2n) is 6.66. The summed E-state index contributed by atoms with van der Waals surface area (Å²) in [5.41, 5.74) is 8.43. The lowest BCUT2D eigenvalue weighted by atomic mass is 10.0. The number of H-pyrrole nitrogens is 1. The van der Waals surface area contributed by atoms with E-state index in [1.54, 1.807) is 7.11 Å². The molecule has 0 bridgehead atoms. The molecule has 0 radical (unpaired) electrons. The molecular formula is C20H22N6O2. The number of hydrogen-bond donors (Lipinski definition) is 4. The summed E-state index contributed by atoms with van der Waals surface area (Å²) in [5, 5.41) is 9.73. The number of hydrazine groups is 1. The van der Waals surface area contributed by atoms with Gasteiger partial charge >= 0.3 is 0 Å². The van der Waals surface area contributed by atoms with E-state index in [1.807, 2.05) is 54.6 Å². The summed E-state index contributed by atoms with van der Waals surface area (Å²) < 4.78 is 5.16. The molecule has 2 atom stereocenters. The van der Waals surface area contributed by atoms with Gasteiger partial charge in [0.25, 0.3) is 0 Å². The first kappa shape index (κ1) is 18.1. The zero-order valence-electron chi connectivity index (χ0n) is 15.5. The number of aromatic nitrogens is 3. The summed E-state index contributed by atoms with van der Waals surface area (Å²) in [6, 6.07) is 17.5. The third-order valence-corrected chi connectivity index (χ3v) is 4.72. The van der Waals surface area contributed by atoms with E-state index in [2.05, 4.69) is 31.3 Å². The highest BCUT2D eigenvalue weighted by molar-refractivity contribution is 5.93. The molecule has 4 rings (SSSR count). The van der Waals surface area contributed by atoms with Crippen LogP contribution in [0.15, 0.2) is 54.6 Å². The number of benzene rings is 2. The first-order valence-electron chi connectivity index (χ1n) is 9.12. The van der Waals surface area contributed by atoms with Crippen LogP contribution < -0.4 is 20.9 Å². The quantitative estimate of drug-likeness (QED) is 0.523. The Labute approximate surface area is 162 Å². The number of ether oxygens (including phenoxy) is 1. The lowest BCUT2D eigenvalue weighted by Gasteiger charge is -2.09. The molecule has 1 aliphatic rings. The number of aromatic amines is 1. The van der Waals surface area contributed by atoms with E-state index in [9.17, 15) is 4.79 Å². The number of methoxy groups -OCH3 is 1. The Balaban J connectivity index is 1.33. The van der Waals surface area contributed by atoms with Gasteiger partial charge in [0, 0.05) is 12.5 Å². The van der Waals surface area contributed by atoms with Gasteiger partial charge in [0.2, 0.25) is 11.9 Å². The predicted molar refractivity (Wildman–Crippen MR) is 105 cm³/mol. The Bertz CT molecular complexity index is 925. The average molecular weight is 378 g/mol. The molecule has 0 aliphatic carbocycles. The number of carbonyl (C=O) groups is 1. The molecule has 3 aromatic rings. The topological polar surface area (TPSA) is 104 Å². The van der Waals surface area contributed by atoms with E-state index in [0.29, 0.717) is 18.7 Å². The Morgan fingerprint density at radius 2 is 1.93 bits per heavy atom. The Morgan fingerprint density at radius 3 is 2.68 bits per heavy atom. The Kier molecular flexibility index (Phi) is 5.31.